The lowest BCUT2D eigenvalue weighted by Gasteiger charge is -2.44. The summed E-state index contributed by atoms with van der Waals surface area (Å²) < 4.78 is 6.23. The van der Waals surface area contributed by atoms with Gasteiger partial charge in [-0.25, -0.2) is 0 Å². The average molecular weight is 323 g/mol. The first-order valence-electron chi connectivity index (χ1n) is 8.45. The third-order valence-corrected chi connectivity index (χ3v) is 5.09. The molecule has 4 heteroatoms. The van der Waals surface area contributed by atoms with Crippen LogP contribution in [-0.2, 0) is 6.54 Å². The van der Waals surface area contributed by atoms with Gasteiger partial charge in [0, 0.05) is 32.5 Å². The molecule has 0 atom stereocenters. The summed E-state index contributed by atoms with van der Waals surface area (Å²) in [6.07, 6.45) is 2.11. The number of carbonyl (C=O) groups is 1. The van der Waals surface area contributed by atoms with Gasteiger partial charge in [0.1, 0.15) is 17.1 Å². The van der Waals surface area contributed by atoms with Crippen molar-refractivity contribution in [3.05, 3.63) is 59.7 Å². The highest BCUT2D eigenvalue weighted by Gasteiger charge is 2.42. The predicted octanol–water partition coefficient (Wildman–Crippen LogP) is 3.39. The zero-order chi connectivity index (χ0) is 16.6. The molecule has 24 heavy (non-hydrogen) atoms. The number of likely N-dealkylation sites (tertiary alicyclic amines) is 1. The first-order chi connectivity index (χ1) is 11.6. The van der Waals surface area contributed by atoms with E-state index in [1.807, 2.05) is 6.07 Å². The van der Waals surface area contributed by atoms with Gasteiger partial charge < -0.3 is 9.84 Å². The molecule has 0 unspecified atom stereocenters. The highest BCUT2D eigenvalue weighted by Crippen LogP contribution is 2.40. The van der Waals surface area contributed by atoms with Crippen molar-refractivity contribution < 1.29 is 14.6 Å². The van der Waals surface area contributed by atoms with Crippen LogP contribution in [0.1, 0.15) is 35.2 Å². The highest BCUT2D eigenvalue weighted by molar-refractivity contribution is 6.00. The van der Waals surface area contributed by atoms with Crippen molar-refractivity contribution in [1.29, 1.82) is 0 Å². The van der Waals surface area contributed by atoms with Crippen LogP contribution in [0, 0.1) is 0 Å². The van der Waals surface area contributed by atoms with Gasteiger partial charge in [0.15, 0.2) is 5.78 Å². The summed E-state index contributed by atoms with van der Waals surface area (Å²) in [6.45, 7) is 2.79. The van der Waals surface area contributed by atoms with Crippen LogP contribution in [0.15, 0.2) is 48.5 Å². The van der Waals surface area contributed by atoms with Crippen LogP contribution in [0.25, 0.3) is 0 Å². The van der Waals surface area contributed by atoms with E-state index < -0.39 is 0 Å². The lowest BCUT2D eigenvalue weighted by Crippen LogP contribution is -2.50. The Kier molecular flexibility index (Phi) is 3.77. The Balaban J connectivity index is 1.45. The van der Waals surface area contributed by atoms with Gasteiger partial charge in [-0.1, -0.05) is 30.3 Å². The van der Waals surface area contributed by atoms with Crippen molar-refractivity contribution in [3.8, 4) is 11.5 Å². The molecule has 0 aromatic heterocycles. The minimum Gasteiger partial charge on any atom is -0.508 e. The molecule has 4 nitrogen and oxygen atoms in total. The number of hydrogen-bond donors (Lipinski definition) is 1. The van der Waals surface area contributed by atoms with Crippen molar-refractivity contribution >= 4 is 5.78 Å². The second-order valence-corrected chi connectivity index (χ2v) is 6.83. The molecule has 1 spiro atoms. The Hall–Kier alpha value is -2.33. The van der Waals surface area contributed by atoms with Gasteiger partial charge in [-0.2, -0.15) is 0 Å². The van der Waals surface area contributed by atoms with Crippen LogP contribution in [0.5, 0.6) is 11.5 Å². The number of benzene rings is 2. The molecule has 2 aromatic rings. The number of carbonyl (C=O) groups excluding carboxylic acids is 1. The maximum atomic E-state index is 12.5. The Bertz CT molecular complexity index is 749. The van der Waals surface area contributed by atoms with Crippen LogP contribution in [-0.4, -0.2) is 34.5 Å². The Morgan fingerprint density at radius 3 is 2.58 bits per heavy atom. The fourth-order valence-corrected chi connectivity index (χ4v) is 3.72. The summed E-state index contributed by atoms with van der Waals surface area (Å²) in [7, 11) is 0. The molecule has 124 valence electrons. The maximum absolute atomic E-state index is 12.5. The zero-order valence-electron chi connectivity index (χ0n) is 13.6. The number of hydrogen-bond acceptors (Lipinski definition) is 4. The van der Waals surface area contributed by atoms with Crippen molar-refractivity contribution in [2.45, 2.75) is 31.4 Å². The smallest absolute Gasteiger partial charge is 0.170 e. The number of rotatable bonds is 2. The largest absolute Gasteiger partial charge is 0.508 e. The molecule has 2 aromatic carbocycles. The number of aromatic hydroxyl groups is 1. The zero-order valence-corrected chi connectivity index (χ0v) is 13.6. The average Bonchev–Trinajstić information content (AvgIpc) is 2.59. The van der Waals surface area contributed by atoms with E-state index in [-0.39, 0.29) is 17.1 Å². The van der Waals surface area contributed by atoms with Crippen LogP contribution in [0.3, 0.4) is 0 Å². The van der Waals surface area contributed by atoms with E-state index in [2.05, 4.69) is 29.2 Å². The van der Waals surface area contributed by atoms with Crippen molar-refractivity contribution in [2.24, 2.45) is 0 Å². The SMILES string of the molecule is O=C1CC2(CCN(Cc3ccccc3)CC2)Oc2ccc(O)cc21. The number of nitrogens with zero attached hydrogens (tertiary/aromatic N) is 1. The van der Waals surface area contributed by atoms with Gasteiger partial charge in [0.2, 0.25) is 0 Å². The number of phenols is 1. The molecule has 1 fully saturated rings. The van der Waals surface area contributed by atoms with E-state index in [9.17, 15) is 9.90 Å². The van der Waals surface area contributed by atoms with Crippen LogP contribution in [0.2, 0.25) is 0 Å². The van der Waals surface area contributed by atoms with E-state index in [0.717, 1.165) is 32.5 Å². The molecule has 4 rings (SSSR count). The normalized spacial score (nSPS) is 19.8. The minimum absolute atomic E-state index is 0.0728. The molecule has 2 aliphatic rings. The molecule has 1 N–H and O–H groups in total. The Morgan fingerprint density at radius 1 is 1.08 bits per heavy atom. The van der Waals surface area contributed by atoms with Gasteiger partial charge in [-0.05, 0) is 23.8 Å². The summed E-state index contributed by atoms with van der Waals surface area (Å²) in [6, 6.07) is 15.3. The molecule has 0 aliphatic carbocycles. The fraction of sp³-hybridized carbons (Fsp3) is 0.350. The standard InChI is InChI=1S/C20H21NO3/c22-16-6-7-19-17(12-16)18(23)13-20(24-19)8-10-21(11-9-20)14-15-4-2-1-3-5-15/h1-7,12,22H,8-11,13-14H2. The lowest BCUT2D eigenvalue weighted by atomic mass is 9.82. The number of ether oxygens (including phenoxy) is 1. The molecule has 2 heterocycles. The molecule has 0 amide bonds. The fourth-order valence-electron chi connectivity index (χ4n) is 3.72. The Morgan fingerprint density at radius 2 is 1.83 bits per heavy atom. The minimum atomic E-state index is -0.381. The van der Waals surface area contributed by atoms with Crippen LogP contribution >= 0.6 is 0 Å². The Labute approximate surface area is 141 Å². The predicted molar refractivity (Wildman–Crippen MR) is 91.4 cm³/mol. The topological polar surface area (TPSA) is 49.8 Å². The molecule has 0 bridgehead atoms. The van der Waals surface area contributed by atoms with Gasteiger partial charge >= 0.3 is 0 Å². The van der Waals surface area contributed by atoms with Gasteiger partial charge in [-0.3, -0.25) is 9.69 Å². The van der Waals surface area contributed by atoms with Crippen molar-refractivity contribution in [2.75, 3.05) is 13.1 Å². The van der Waals surface area contributed by atoms with Gasteiger partial charge in [0.05, 0.1) is 12.0 Å². The summed E-state index contributed by atoms with van der Waals surface area (Å²) in [4.78, 5) is 14.9. The third-order valence-electron chi connectivity index (χ3n) is 5.09. The lowest BCUT2D eigenvalue weighted by molar-refractivity contribution is -0.0108. The summed E-state index contributed by atoms with van der Waals surface area (Å²) in [5.41, 5.74) is 1.44. The van der Waals surface area contributed by atoms with E-state index in [4.69, 9.17) is 4.74 Å². The van der Waals surface area contributed by atoms with Gasteiger partial charge in [0.25, 0.3) is 0 Å². The number of phenolic OH excluding ortho intramolecular Hbond substituents is 1. The van der Waals surface area contributed by atoms with E-state index in [1.165, 1.54) is 11.6 Å². The molecular formula is C20H21NO3. The second kappa shape index (κ2) is 5.95. The monoisotopic (exact) mass is 323 g/mol. The molecule has 1 saturated heterocycles. The molecule has 0 saturated carbocycles. The maximum Gasteiger partial charge on any atom is 0.170 e. The molecule has 0 radical (unpaired) electrons. The van der Waals surface area contributed by atoms with Crippen LogP contribution in [0.4, 0.5) is 0 Å². The third kappa shape index (κ3) is 2.89. The highest BCUT2D eigenvalue weighted by atomic mass is 16.5. The van der Waals surface area contributed by atoms with E-state index in [0.29, 0.717) is 17.7 Å². The van der Waals surface area contributed by atoms with Crippen LogP contribution < -0.4 is 4.74 Å². The number of ketones is 1. The van der Waals surface area contributed by atoms with Gasteiger partial charge in [-0.15, -0.1) is 0 Å². The number of fused-ring (bicyclic) bond motifs is 1. The quantitative estimate of drug-likeness (QED) is 0.920. The molecule has 2 aliphatic heterocycles. The van der Waals surface area contributed by atoms with E-state index in [1.54, 1.807) is 12.1 Å². The number of Topliss-reactive ketones (excluding diaryl/α,β-unsaturated/α-hetero) is 1. The second-order valence-electron chi connectivity index (χ2n) is 6.83. The summed E-state index contributed by atoms with van der Waals surface area (Å²) >= 11 is 0. The first kappa shape index (κ1) is 15.2. The van der Waals surface area contributed by atoms with Crippen molar-refractivity contribution in [3.63, 3.8) is 0 Å². The van der Waals surface area contributed by atoms with Crippen molar-refractivity contribution in [1.82, 2.24) is 4.90 Å². The van der Waals surface area contributed by atoms with E-state index >= 15 is 0 Å². The summed E-state index contributed by atoms with van der Waals surface area (Å²) in [5, 5.41) is 9.57. The first-order valence-corrected chi connectivity index (χ1v) is 8.45. The molecular weight excluding hydrogens is 302 g/mol. The summed E-state index contributed by atoms with van der Waals surface area (Å²) in [5.74, 6) is 0.795. The number of piperidine rings is 1.